The summed E-state index contributed by atoms with van der Waals surface area (Å²) in [5.41, 5.74) is 0. The first kappa shape index (κ1) is 53.5. The number of hydrogen-bond acceptors (Lipinski definition) is 7. The van der Waals surface area contributed by atoms with E-state index in [4.69, 9.17) is 18.5 Å². The summed E-state index contributed by atoms with van der Waals surface area (Å²) >= 11 is 0. The molecule has 9 heteroatoms. The average molecular weight is 796 g/mol. The number of ether oxygens (including phenoxy) is 2. The molecule has 0 aliphatic rings. The number of carbonyl (C=O) groups is 1. The van der Waals surface area contributed by atoms with Crippen molar-refractivity contribution in [3.05, 3.63) is 48.6 Å². The number of quaternary nitrogens is 1. The van der Waals surface area contributed by atoms with E-state index in [0.717, 1.165) is 64.2 Å². The lowest BCUT2D eigenvalue weighted by atomic mass is 10.1. The lowest BCUT2D eigenvalue weighted by Crippen LogP contribution is -2.37. The topological polar surface area (TPSA) is 94.1 Å². The molecule has 0 saturated heterocycles. The third-order valence-electron chi connectivity index (χ3n) is 9.35. The molecule has 0 radical (unpaired) electrons. The van der Waals surface area contributed by atoms with E-state index in [-0.39, 0.29) is 25.8 Å². The summed E-state index contributed by atoms with van der Waals surface area (Å²) in [6.45, 7) is 5.32. The third kappa shape index (κ3) is 43.4. The van der Waals surface area contributed by atoms with E-state index in [1.807, 2.05) is 21.1 Å². The second-order valence-electron chi connectivity index (χ2n) is 16.0. The Bertz CT molecular complexity index is 1020. The van der Waals surface area contributed by atoms with Gasteiger partial charge in [0.2, 0.25) is 0 Å². The minimum atomic E-state index is -4.53. The van der Waals surface area contributed by atoms with Crippen LogP contribution in [0.4, 0.5) is 0 Å². The van der Waals surface area contributed by atoms with Crippen LogP contribution < -0.4 is 4.89 Å². The van der Waals surface area contributed by atoms with Crippen LogP contribution in [0, 0.1) is 0 Å². The zero-order valence-electron chi connectivity index (χ0n) is 36.4. The number of hydrogen-bond donors (Lipinski definition) is 0. The molecule has 0 fully saturated rings. The number of nitrogens with zero attached hydrogens (tertiary/aromatic N) is 1. The van der Waals surface area contributed by atoms with Crippen molar-refractivity contribution in [1.82, 2.24) is 0 Å². The molecule has 0 aromatic rings. The Morgan fingerprint density at radius 1 is 0.564 bits per heavy atom. The molecule has 2 unspecified atom stereocenters. The van der Waals surface area contributed by atoms with E-state index in [0.29, 0.717) is 24.1 Å². The van der Waals surface area contributed by atoms with Crippen LogP contribution >= 0.6 is 7.82 Å². The van der Waals surface area contributed by atoms with Crippen molar-refractivity contribution in [2.75, 3.05) is 54.1 Å². The minimum absolute atomic E-state index is 0.0208. The maximum Gasteiger partial charge on any atom is 0.306 e. The van der Waals surface area contributed by atoms with Crippen molar-refractivity contribution in [1.29, 1.82) is 0 Å². The number of rotatable bonds is 41. The Hall–Kier alpha value is -1.54. The molecule has 8 nitrogen and oxygen atoms in total. The molecule has 0 aliphatic carbocycles. The van der Waals surface area contributed by atoms with E-state index in [9.17, 15) is 14.3 Å². The second-order valence-corrected chi connectivity index (χ2v) is 17.5. The van der Waals surface area contributed by atoms with Crippen molar-refractivity contribution in [3.63, 3.8) is 0 Å². The molecule has 0 rings (SSSR count). The highest BCUT2D eigenvalue weighted by Crippen LogP contribution is 2.38. The molecule has 0 heterocycles. The Morgan fingerprint density at radius 2 is 1.02 bits per heavy atom. The van der Waals surface area contributed by atoms with E-state index < -0.39 is 13.9 Å². The maximum atomic E-state index is 12.7. The van der Waals surface area contributed by atoms with Gasteiger partial charge in [-0.05, 0) is 70.6 Å². The van der Waals surface area contributed by atoms with Gasteiger partial charge < -0.3 is 27.9 Å². The predicted octanol–water partition coefficient (Wildman–Crippen LogP) is 12.5. The zero-order chi connectivity index (χ0) is 40.6. The molecule has 0 aromatic carbocycles. The molecule has 0 spiro atoms. The summed E-state index contributed by atoms with van der Waals surface area (Å²) in [4.78, 5) is 25.1. The smallest absolute Gasteiger partial charge is 0.306 e. The van der Waals surface area contributed by atoms with E-state index in [1.165, 1.54) is 96.3 Å². The quantitative estimate of drug-likeness (QED) is 0.0200. The summed E-state index contributed by atoms with van der Waals surface area (Å²) in [6.07, 6.45) is 46.9. The molecule has 322 valence electrons. The first-order chi connectivity index (χ1) is 26.6. The van der Waals surface area contributed by atoms with Crippen molar-refractivity contribution in [3.8, 4) is 0 Å². The second kappa shape index (κ2) is 39.3. The van der Waals surface area contributed by atoms with Gasteiger partial charge in [-0.15, -0.1) is 0 Å². The van der Waals surface area contributed by atoms with Crippen molar-refractivity contribution in [2.45, 2.75) is 187 Å². The Balaban J connectivity index is 4.26. The summed E-state index contributed by atoms with van der Waals surface area (Å²) in [7, 11) is 1.34. The van der Waals surface area contributed by atoms with Crippen LogP contribution in [-0.4, -0.2) is 70.7 Å². The van der Waals surface area contributed by atoms with Crippen LogP contribution in [0.3, 0.4) is 0 Å². The fourth-order valence-electron chi connectivity index (χ4n) is 5.83. The van der Waals surface area contributed by atoms with Gasteiger partial charge in [0.25, 0.3) is 7.82 Å². The molecular formula is C46H86NO7P. The normalized spacial score (nSPS) is 14.2. The average Bonchev–Trinajstić information content (AvgIpc) is 3.13. The van der Waals surface area contributed by atoms with Gasteiger partial charge in [-0.2, -0.15) is 0 Å². The maximum absolute atomic E-state index is 12.7. The van der Waals surface area contributed by atoms with Crippen LogP contribution in [-0.2, 0) is 27.9 Å². The van der Waals surface area contributed by atoms with E-state index in [2.05, 4.69) is 62.5 Å². The van der Waals surface area contributed by atoms with Gasteiger partial charge in [0.1, 0.15) is 19.3 Å². The summed E-state index contributed by atoms with van der Waals surface area (Å²) in [6, 6.07) is 0. The number of likely N-dealkylation sites (N-methyl/N-ethyl adjacent to an activating group) is 1. The number of unbranched alkanes of at least 4 members (excludes halogenated alkanes) is 19. The number of phosphoric acid groups is 1. The molecule has 55 heavy (non-hydrogen) atoms. The number of carbonyl (C=O) groups excluding carboxylic acids is 1. The highest BCUT2D eigenvalue weighted by molar-refractivity contribution is 7.45. The van der Waals surface area contributed by atoms with Crippen molar-refractivity contribution in [2.24, 2.45) is 0 Å². The van der Waals surface area contributed by atoms with Crippen molar-refractivity contribution >= 4 is 13.8 Å². The predicted molar refractivity (Wildman–Crippen MR) is 231 cm³/mol. The molecule has 0 saturated carbocycles. The largest absolute Gasteiger partial charge is 0.756 e. The summed E-state index contributed by atoms with van der Waals surface area (Å²) in [5, 5.41) is 0. The number of phosphoric ester groups is 1. The van der Waals surface area contributed by atoms with E-state index >= 15 is 0 Å². The van der Waals surface area contributed by atoms with Crippen LogP contribution in [0.5, 0.6) is 0 Å². The van der Waals surface area contributed by atoms with Gasteiger partial charge in [0.15, 0.2) is 0 Å². The molecule has 0 N–H and O–H groups in total. The highest BCUT2D eigenvalue weighted by atomic mass is 31.2. The molecule has 0 aliphatic heterocycles. The van der Waals surface area contributed by atoms with Gasteiger partial charge >= 0.3 is 5.97 Å². The summed E-state index contributed by atoms with van der Waals surface area (Å²) < 4.78 is 34.6. The van der Waals surface area contributed by atoms with Crippen LogP contribution in [0.15, 0.2) is 48.6 Å². The molecule has 0 bridgehead atoms. The fourth-order valence-corrected chi connectivity index (χ4v) is 6.56. The molecule has 0 amide bonds. The van der Waals surface area contributed by atoms with Gasteiger partial charge in [-0.3, -0.25) is 9.36 Å². The van der Waals surface area contributed by atoms with Crippen LogP contribution in [0.1, 0.15) is 181 Å². The molecule has 0 aromatic heterocycles. The van der Waals surface area contributed by atoms with E-state index in [1.54, 1.807) is 0 Å². The first-order valence-corrected chi connectivity index (χ1v) is 23.8. The first-order valence-electron chi connectivity index (χ1n) is 22.4. The van der Waals surface area contributed by atoms with Crippen LogP contribution in [0.2, 0.25) is 0 Å². The number of allylic oxidation sites excluding steroid dienone is 8. The zero-order valence-corrected chi connectivity index (χ0v) is 37.3. The lowest BCUT2D eigenvalue weighted by molar-refractivity contribution is -0.870. The molecular weight excluding hydrogens is 709 g/mol. The molecule has 2 atom stereocenters. The van der Waals surface area contributed by atoms with Gasteiger partial charge in [0.05, 0.1) is 34.4 Å². The van der Waals surface area contributed by atoms with Gasteiger partial charge in [-0.25, -0.2) is 0 Å². The Kier molecular flexibility index (Phi) is 38.2. The van der Waals surface area contributed by atoms with Gasteiger partial charge in [-0.1, -0.05) is 152 Å². The third-order valence-corrected chi connectivity index (χ3v) is 10.3. The SMILES string of the molecule is CCCC/C=C\C/C=C\CCCCCCCCOCC(COP(=O)([O-])OCC[N+](C)(C)C)OC(=O)CCCCCCCCC/C=C\C/C=C\CCCCCC. The minimum Gasteiger partial charge on any atom is -0.756 e. The van der Waals surface area contributed by atoms with Gasteiger partial charge in [0, 0.05) is 13.0 Å². The van der Waals surface area contributed by atoms with Crippen LogP contribution in [0.25, 0.3) is 0 Å². The standard InChI is InChI=1S/C46H86NO7P/c1-6-8-10-12-14-16-18-20-22-23-24-25-27-29-31-33-35-37-39-46(48)54-45(44-53-55(49,50)52-42-40-47(3,4)5)43-51-41-38-36-34-32-30-28-26-21-19-17-15-13-11-9-7-2/h13,15-16,18-19,21-23,45H,6-12,14,17,20,24-44H2,1-5H3/b15-13-,18-16-,21-19-,23-22-. The highest BCUT2D eigenvalue weighted by Gasteiger charge is 2.20. The van der Waals surface area contributed by atoms with Crippen molar-refractivity contribution < 1.29 is 37.3 Å². The fraction of sp³-hybridized carbons (Fsp3) is 0.804. The summed E-state index contributed by atoms with van der Waals surface area (Å²) in [5.74, 6) is -0.347. The Morgan fingerprint density at radius 3 is 1.53 bits per heavy atom. The number of esters is 1. The monoisotopic (exact) mass is 796 g/mol. The Labute approximate surface area is 339 Å². The lowest BCUT2D eigenvalue weighted by Gasteiger charge is -2.28.